The number of sulfone groups is 1. The number of hydrogen-bond acceptors (Lipinski definition) is 8. The van der Waals surface area contributed by atoms with E-state index < -0.39 is 15.8 Å². The summed E-state index contributed by atoms with van der Waals surface area (Å²) < 4.78 is 32.2. The van der Waals surface area contributed by atoms with Gasteiger partial charge in [0.2, 0.25) is 0 Å². The third kappa shape index (κ3) is 4.27. The van der Waals surface area contributed by atoms with Gasteiger partial charge >= 0.3 is 5.97 Å². The fourth-order valence-corrected chi connectivity index (χ4v) is 2.93. The number of nitrogen functional groups attached to an aromatic ring is 1. The molecule has 0 aliphatic rings. The Balaban J connectivity index is 2.91. The van der Waals surface area contributed by atoms with Gasteiger partial charge in [-0.3, -0.25) is 0 Å². The number of nitrogens with two attached hydrogens (primary N) is 1. The summed E-state index contributed by atoms with van der Waals surface area (Å²) in [5.74, 6) is -0.223. The predicted octanol–water partition coefficient (Wildman–Crippen LogP) is 0.972. The fraction of sp³-hybridized carbons (Fsp3) is 0.545. The molecule has 0 fully saturated rings. The van der Waals surface area contributed by atoms with Gasteiger partial charge < -0.3 is 20.5 Å². The normalized spacial score (nSPS) is 11.2. The summed E-state index contributed by atoms with van der Waals surface area (Å²) in [4.78, 5) is 12.0. The van der Waals surface area contributed by atoms with E-state index in [1.165, 1.54) is 7.11 Å². The number of carbonyl (C=O) groups is 1. The lowest BCUT2D eigenvalue weighted by Gasteiger charge is -2.05. The maximum atomic E-state index is 11.7. The molecule has 0 bridgehead atoms. The Hall–Kier alpha value is -1.48. The van der Waals surface area contributed by atoms with E-state index in [2.05, 4.69) is 5.32 Å². The molecule has 0 saturated carbocycles. The summed E-state index contributed by atoms with van der Waals surface area (Å²) in [7, 11) is -1.64. The van der Waals surface area contributed by atoms with Gasteiger partial charge in [0, 0.05) is 12.8 Å². The van der Waals surface area contributed by atoms with Crippen LogP contribution in [0.4, 0.5) is 10.7 Å². The van der Waals surface area contributed by atoms with Crippen molar-refractivity contribution in [3.05, 3.63) is 4.88 Å². The maximum absolute atomic E-state index is 11.7. The minimum Gasteiger partial charge on any atom is -0.492 e. The quantitative estimate of drug-likeness (QED) is 0.720. The van der Waals surface area contributed by atoms with Crippen molar-refractivity contribution in [3.63, 3.8) is 0 Å². The molecule has 0 aliphatic heterocycles. The highest BCUT2D eigenvalue weighted by atomic mass is 32.2. The van der Waals surface area contributed by atoms with Crippen LogP contribution in [0, 0.1) is 0 Å². The third-order valence-corrected chi connectivity index (χ3v) is 4.39. The summed E-state index contributed by atoms with van der Waals surface area (Å²) in [6.45, 7) is 2.15. The monoisotopic (exact) mass is 322 g/mol. The first-order chi connectivity index (χ1) is 9.30. The van der Waals surface area contributed by atoms with Crippen molar-refractivity contribution in [2.45, 2.75) is 6.92 Å². The SMILES string of the molecule is CCOC(=O)c1sc(NCCS(C)(=O)=O)c(OC)c1N. The molecule has 7 nitrogen and oxygen atoms in total. The molecular formula is C11H18N2O5S2. The van der Waals surface area contributed by atoms with Gasteiger partial charge in [0.15, 0.2) is 5.75 Å². The second kappa shape index (κ2) is 6.80. The molecule has 0 aliphatic carbocycles. The number of methoxy groups -OCH3 is 1. The largest absolute Gasteiger partial charge is 0.492 e. The molecule has 0 spiro atoms. The molecule has 0 unspecified atom stereocenters. The molecule has 1 aromatic heterocycles. The van der Waals surface area contributed by atoms with Gasteiger partial charge in [-0.15, -0.1) is 11.3 Å². The highest BCUT2D eigenvalue weighted by Crippen LogP contribution is 2.42. The van der Waals surface area contributed by atoms with Gasteiger partial charge in [-0.25, -0.2) is 13.2 Å². The van der Waals surface area contributed by atoms with E-state index in [0.29, 0.717) is 10.8 Å². The van der Waals surface area contributed by atoms with Crippen molar-refractivity contribution in [1.29, 1.82) is 0 Å². The van der Waals surface area contributed by atoms with E-state index in [9.17, 15) is 13.2 Å². The van der Waals surface area contributed by atoms with Gasteiger partial charge in [-0.2, -0.15) is 0 Å². The summed E-state index contributed by atoms with van der Waals surface area (Å²) in [5.41, 5.74) is 6.02. The van der Waals surface area contributed by atoms with Crippen LogP contribution in [0.5, 0.6) is 5.75 Å². The van der Waals surface area contributed by atoms with Crippen LogP contribution in [0.2, 0.25) is 0 Å². The van der Waals surface area contributed by atoms with E-state index in [-0.39, 0.29) is 29.5 Å². The van der Waals surface area contributed by atoms with Gasteiger partial charge in [-0.1, -0.05) is 0 Å². The maximum Gasteiger partial charge on any atom is 0.350 e. The molecule has 1 aromatic rings. The summed E-state index contributed by atoms with van der Waals surface area (Å²) in [6, 6.07) is 0. The first-order valence-corrected chi connectivity index (χ1v) is 8.72. The van der Waals surface area contributed by atoms with Crippen molar-refractivity contribution in [3.8, 4) is 5.75 Å². The van der Waals surface area contributed by atoms with Crippen LogP contribution in [0.25, 0.3) is 0 Å². The minimum absolute atomic E-state index is 0.0251. The average molecular weight is 322 g/mol. The third-order valence-electron chi connectivity index (χ3n) is 2.32. The van der Waals surface area contributed by atoms with Gasteiger partial charge in [0.05, 0.1) is 19.5 Å². The lowest BCUT2D eigenvalue weighted by molar-refractivity contribution is 0.0533. The fourth-order valence-electron chi connectivity index (χ4n) is 1.45. The van der Waals surface area contributed by atoms with Gasteiger partial charge in [0.1, 0.15) is 25.4 Å². The topological polar surface area (TPSA) is 108 Å². The van der Waals surface area contributed by atoms with Crippen LogP contribution in [0.3, 0.4) is 0 Å². The Kier molecular flexibility index (Phi) is 5.63. The molecule has 0 aromatic carbocycles. The summed E-state index contributed by atoms with van der Waals surface area (Å²) in [5, 5.41) is 3.42. The first-order valence-electron chi connectivity index (χ1n) is 5.85. The van der Waals surface area contributed by atoms with Crippen LogP contribution in [0.1, 0.15) is 16.6 Å². The number of carbonyl (C=O) groups excluding carboxylic acids is 1. The Morgan fingerprint density at radius 1 is 1.45 bits per heavy atom. The zero-order valence-electron chi connectivity index (χ0n) is 11.6. The Bertz CT molecular complexity index is 580. The molecule has 1 rings (SSSR count). The first kappa shape index (κ1) is 16.6. The predicted molar refractivity (Wildman–Crippen MR) is 79.4 cm³/mol. The smallest absolute Gasteiger partial charge is 0.350 e. The van der Waals surface area contributed by atoms with Crippen LogP contribution < -0.4 is 15.8 Å². The van der Waals surface area contributed by atoms with Crippen LogP contribution in [-0.4, -0.2) is 46.7 Å². The number of nitrogens with one attached hydrogen (secondary N) is 1. The summed E-state index contributed by atoms with van der Waals surface area (Å²) >= 11 is 1.08. The Morgan fingerprint density at radius 3 is 2.60 bits per heavy atom. The summed E-state index contributed by atoms with van der Waals surface area (Å²) in [6.07, 6.45) is 1.15. The Morgan fingerprint density at radius 2 is 2.10 bits per heavy atom. The van der Waals surface area contributed by atoms with Crippen molar-refractivity contribution < 1.29 is 22.7 Å². The molecule has 20 heavy (non-hydrogen) atoms. The van der Waals surface area contributed by atoms with E-state index in [1.54, 1.807) is 6.92 Å². The molecule has 0 amide bonds. The van der Waals surface area contributed by atoms with Crippen molar-refractivity contribution in [2.24, 2.45) is 0 Å². The van der Waals surface area contributed by atoms with Gasteiger partial charge in [-0.05, 0) is 6.92 Å². The van der Waals surface area contributed by atoms with Crippen LogP contribution in [-0.2, 0) is 14.6 Å². The number of anilines is 2. The number of esters is 1. The second-order valence-corrected chi connectivity index (χ2v) is 7.26. The molecule has 1 heterocycles. The average Bonchev–Trinajstić information content (AvgIpc) is 2.64. The van der Waals surface area contributed by atoms with Gasteiger partial charge in [0.25, 0.3) is 0 Å². The second-order valence-electron chi connectivity index (χ2n) is 3.98. The zero-order valence-corrected chi connectivity index (χ0v) is 13.2. The molecular weight excluding hydrogens is 304 g/mol. The van der Waals surface area contributed by atoms with Crippen LogP contribution in [0.15, 0.2) is 0 Å². The molecule has 0 saturated heterocycles. The number of hydrogen-bond donors (Lipinski definition) is 2. The van der Waals surface area contributed by atoms with E-state index >= 15 is 0 Å². The molecule has 9 heteroatoms. The number of thiophene rings is 1. The molecule has 0 atom stereocenters. The lowest BCUT2D eigenvalue weighted by Crippen LogP contribution is -2.13. The van der Waals surface area contributed by atoms with E-state index in [1.807, 2.05) is 0 Å². The van der Waals surface area contributed by atoms with Crippen LogP contribution >= 0.6 is 11.3 Å². The lowest BCUT2D eigenvalue weighted by atomic mass is 10.3. The van der Waals surface area contributed by atoms with E-state index in [4.69, 9.17) is 15.2 Å². The minimum atomic E-state index is -3.06. The highest BCUT2D eigenvalue weighted by molar-refractivity contribution is 7.90. The van der Waals surface area contributed by atoms with Crippen molar-refractivity contribution >= 4 is 37.8 Å². The molecule has 0 radical (unpaired) electrons. The highest BCUT2D eigenvalue weighted by Gasteiger charge is 2.22. The zero-order chi connectivity index (χ0) is 15.3. The number of ether oxygens (including phenoxy) is 2. The number of rotatable bonds is 7. The standard InChI is InChI=1S/C11H18N2O5S2/c1-4-18-11(14)9-7(12)8(17-2)10(19-9)13-5-6-20(3,15)16/h13H,4-6,12H2,1-3H3. The van der Waals surface area contributed by atoms with E-state index in [0.717, 1.165) is 17.6 Å². The molecule has 3 N–H and O–H groups in total. The molecule has 114 valence electrons. The van der Waals surface area contributed by atoms with Crippen molar-refractivity contribution in [1.82, 2.24) is 0 Å². The van der Waals surface area contributed by atoms with Crippen molar-refractivity contribution in [2.75, 3.05) is 43.3 Å². The Labute approximate surface area is 122 Å².